The van der Waals surface area contributed by atoms with Crippen LogP contribution in [0.1, 0.15) is 0 Å². The minimum absolute atomic E-state index is 1.14. The van der Waals surface area contributed by atoms with Crippen molar-refractivity contribution in [3.05, 3.63) is 200 Å². The third kappa shape index (κ3) is 4.64. The van der Waals surface area contributed by atoms with E-state index in [1.165, 1.54) is 99.0 Å². The second-order valence-corrected chi connectivity index (χ2v) is 14.1. The fourth-order valence-corrected chi connectivity index (χ4v) is 8.75. The molecule has 1 aliphatic heterocycles. The third-order valence-corrected chi connectivity index (χ3v) is 11.2. The monoisotopic (exact) mass is 671 g/mol. The molecule has 0 amide bonds. The van der Waals surface area contributed by atoms with E-state index >= 15 is 0 Å². The van der Waals surface area contributed by atoms with Gasteiger partial charge in [-0.15, -0.1) is 0 Å². The van der Waals surface area contributed by atoms with Crippen molar-refractivity contribution in [3.63, 3.8) is 0 Å². The molecular formula is C52H33N. The summed E-state index contributed by atoms with van der Waals surface area (Å²) in [6.45, 7) is 0. The lowest BCUT2D eigenvalue weighted by Gasteiger charge is -2.27. The summed E-state index contributed by atoms with van der Waals surface area (Å²) in [5, 5.41) is 10.2. The van der Waals surface area contributed by atoms with Gasteiger partial charge in [-0.2, -0.15) is 0 Å². The Morgan fingerprint density at radius 3 is 1.49 bits per heavy atom. The van der Waals surface area contributed by atoms with Gasteiger partial charge in [0.25, 0.3) is 0 Å². The summed E-state index contributed by atoms with van der Waals surface area (Å²) in [4.78, 5) is 2.42. The van der Waals surface area contributed by atoms with E-state index in [4.69, 9.17) is 0 Å². The van der Waals surface area contributed by atoms with Gasteiger partial charge in [0.05, 0.1) is 11.4 Å². The van der Waals surface area contributed by atoms with Gasteiger partial charge in [-0.1, -0.05) is 152 Å². The Labute approximate surface area is 308 Å². The van der Waals surface area contributed by atoms with Crippen LogP contribution in [0.2, 0.25) is 0 Å². The van der Waals surface area contributed by atoms with E-state index in [0.717, 1.165) is 5.69 Å². The van der Waals surface area contributed by atoms with Gasteiger partial charge in [0, 0.05) is 16.8 Å². The third-order valence-electron chi connectivity index (χ3n) is 11.2. The molecule has 0 atom stereocenters. The maximum atomic E-state index is 2.42. The van der Waals surface area contributed by atoms with E-state index in [9.17, 15) is 0 Å². The number of anilines is 3. The predicted octanol–water partition coefficient (Wildman–Crippen LogP) is 14.8. The lowest BCUT2D eigenvalue weighted by atomic mass is 9.88. The number of fused-ring (bicyclic) bond motifs is 12. The number of rotatable bonds is 3. The molecule has 0 bridgehead atoms. The van der Waals surface area contributed by atoms with Crippen molar-refractivity contribution in [2.75, 3.05) is 4.90 Å². The molecular weight excluding hydrogens is 639 g/mol. The molecule has 246 valence electrons. The number of nitrogens with zero attached hydrogens (tertiary/aromatic N) is 1. The topological polar surface area (TPSA) is 3.24 Å². The fourth-order valence-electron chi connectivity index (χ4n) is 8.75. The minimum atomic E-state index is 1.14. The molecule has 1 nitrogen and oxygen atoms in total. The Bertz CT molecular complexity index is 3030. The molecule has 10 aromatic rings. The molecule has 0 radical (unpaired) electrons. The van der Waals surface area contributed by atoms with Crippen molar-refractivity contribution in [2.24, 2.45) is 0 Å². The molecule has 0 spiro atoms. The first-order chi connectivity index (χ1) is 26.3. The Kier molecular flexibility index (Phi) is 6.62. The van der Waals surface area contributed by atoms with Gasteiger partial charge in [-0.05, 0) is 125 Å². The van der Waals surface area contributed by atoms with Crippen LogP contribution >= 0.6 is 0 Å². The smallest absolute Gasteiger partial charge is 0.0540 e. The second-order valence-electron chi connectivity index (χ2n) is 14.1. The Hall–Kier alpha value is -6.96. The molecule has 53 heavy (non-hydrogen) atoms. The van der Waals surface area contributed by atoms with Crippen LogP contribution in [0.5, 0.6) is 0 Å². The number of benzene rings is 10. The molecule has 0 aromatic heterocycles. The molecule has 1 heteroatoms. The average Bonchev–Trinajstić information content (AvgIpc) is 3.36. The fraction of sp³-hybridized carbons (Fsp3) is 0. The standard InChI is InChI=1S/C52H33N/c1-2-15-38(16-3-1)53-51-25-13-12-24-47(51)43-21-9-11-23-45(43)50-32-36(27-29-52(50)53)48-33-37(30-35-14-4-5-17-39(35)48)34-26-28-46-42-20-7-6-18-40(42)41-19-8-10-22-44(41)49(46)31-34/h1-33H. The highest BCUT2D eigenvalue weighted by atomic mass is 15.1. The van der Waals surface area contributed by atoms with Gasteiger partial charge in [0.2, 0.25) is 0 Å². The van der Waals surface area contributed by atoms with Crippen LogP contribution in [0.25, 0.3) is 87.6 Å². The lowest BCUT2D eigenvalue weighted by Crippen LogP contribution is -2.10. The molecule has 0 saturated heterocycles. The quantitative estimate of drug-likeness (QED) is 0.169. The largest absolute Gasteiger partial charge is 0.309 e. The van der Waals surface area contributed by atoms with Gasteiger partial charge >= 0.3 is 0 Å². The first-order valence-corrected chi connectivity index (χ1v) is 18.3. The van der Waals surface area contributed by atoms with Crippen molar-refractivity contribution in [3.8, 4) is 44.5 Å². The van der Waals surface area contributed by atoms with Crippen molar-refractivity contribution in [1.29, 1.82) is 0 Å². The number of hydrogen-bond acceptors (Lipinski definition) is 1. The minimum Gasteiger partial charge on any atom is -0.309 e. The van der Waals surface area contributed by atoms with Crippen LogP contribution in [0.3, 0.4) is 0 Å². The summed E-state index contributed by atoms with van der Waals surface area (Å²) in [5.41, 5.74) is 13.3. The zero-order valence-corrected chi connectivity index (χ0v) is 29.0. The van der Waals surface area contributed by atoms with E-state index in [0.29, 0.717) is 0 Å². The van der Waals surface area contributed by atoms with Crippen molar-refractivity contribution in [1.82, 2.24) is 0 Å². The highest BCUT2D eigenvalue weighted by Crippen LogP contribution is 2.52. The van der Waals surface area contributed by atoms with Gasteiger partial charge < -0.3 is 4.90 Å². The summed E-state index contributed by atoms with van der Waals surface area (Å²) >= 11 is 0. The second kappa shape index (κ2) is 11.8. The molecule has 0 aliphatic carbocycles. The van der Waals surface area contributed by atoms with Gasteiger partial charge in [-0.3, -0.25) is 0 Å². The van der Waals surface area contributed by atoms with E-state index in [2.05, 4.69) is 205 Å². The Morgan fingerprint density at radius 2 is 0.755 bits per heavy atom. The summed E-state index contributed by atoms with van der Waals surface area (Å²) in [6.07, 6.45) is 0. The summed E-state index contributed by atoms with van der Waals surface area (Å²) in [5.74, 6) is 0. The maximum Gasteiger partial charge on any atom is 0.0540 e. The first-order valence-electron chi connectivity index (χ1n) is 18.3. The summed E-state index contributed by atoms with van der Waals surface area (Å²) < 4.78 is 0. The van der Waals surface area contributed by atoms with E-state index in [1.807, 2.05) is 0 Å². The maximum absolute atomic E-state index is 2.42. The normalized spacial score (nSPS) is 12.1. The van der Waals surface area contributed by atoms with Gasteiger partial charge in [-0.25, -0.2) is 0 Å². The molecule has 0 saturated carbocycles. The number of hydrogen-bond donors (Lipinski definition) is 0. The van der Waals surface area contributed by atoms with Gasteiger partial charge in [0.15, 0.2) is 0 Å². The Balaban J connectivity index is 1.15. The van der Waals surface area contributed by atoms with E-state index in [1.54, 1.807) is 0 Å². The highest BCUT2D eigenvalue weighted by molar-refractivity contribution is 6.25. The van der Waals surface area contributed by atoms with E-state index < -0.39 is 0 Å². The van der Waals surface area contributed by atoms with E-state index in [-0.39, 0.29) is 0 Å². The molecule has 0 fully saturated rings. The van der Waals surface area contributed by atoms with Crippen LogP contribution in [-0.2, 0) is 0 Å². The van der Waals surface area contributed by atoms with Crippen molar-refractivity contribution in [2.45, 2.75) is 0 Å². The zero-order chi connectivity index (χ0) is 34.9. The van der Waals surface area contributed by atoms with Crippen LogP contribution in [0, 0.1) is 0 Å². The van der Waals surface area contributed by atoms with Crippen molar-refractivity contribution < 1.29 is 0 Å². The molecule has 1 aliphatic rings. The summed E-state index contributed by atoms with van der Waals surface area (Å²) in [6, 6.07) is 73.7. The predicted molar refractivity (Wildman–Crippen MR) is 226 cm³/mol. The van der Waals surface area contributed by atoms with Crippen LogP contribution in [0.15, 0.2) is 200 Å². The molecule has 0 unspecified atom stereocenters. The van der Waals surface area contributed by atoms with Crippen LogP contribution < -0.4 is 4.90 Å². The molecule has 1 heterocycles. The SMILES string of the molecule is c1ccc(N2c3ccccc3-c3ccccc3-c3cc(-c4cc(-c5ccc6c7ccccc7c7ccccc7c6c5)cc5ccccc45)ccc32)cc1. The summed E-state index contributed by atoms with van der Waals surface area (Å²) in [7, 11) is 0. The van der Waals surface area contributed by atoms with Crippen LogP contribution in [-0.4, -0.2) is 0 Å². The zero-order valence-electron chi connectivity index (χ0n) is 29.0. The highest BCUT2D eigenvalue weighted by Gasteiger charge is 2.26. The van der Waals surface area contributed by atoms with Crippen LogP contribution in [0.4, 0.5) is 17.1 Å². The lowest BCUT2D eigenvalue weighted by molar-refractivity contribution is 1.29. The Morgan fingerprint density at radius 1 is 0.245 bits per heavy atom. The number of para-hydroxylation sites is 2. The average molecular weight is 672 g/mol. The van der Waals surface area contributed by atoms with Crippen molar-refractivity contribution >= 4 is 60.2 Å². The van der Waals surface area contributed by atoms with Gasteiger partial charge in [0.1, 0.15) is 0 Å². The first kappa shape index (κ1) is 29.7. The molecule has 0 N–H and O–H groups in total. The molecule has 11 rings (SSSR count). The molecule has 10 aromatic carbocycles.